The van der Waals surface area contributed by atoms with Gasteiger partial charge < -0.3 is 0 Å². The Morgan fingerprint density at radius 3 is 2.33 bits per heavy atom. The molecule has 0 N–H and O–H groups in total. The van der Waals surface area contributed by atoms with Crippen molar-refractivity contribution >= 4 is 0 Å². The van der Waals surface area contributed by atoms with Crippen molar-refractivity contribution in [2.24, 2.45) is 0 Å². The standard InChI is InChI=1S/C14H15N/c1-2-14-9-8-13(11-15-14)10-12-6-4-3-5-7-12/h3-9,11H,2,10H2,1H3. The molecule has 1 heterocycles. The number of nitrogens with zero attached hydrogens (tertiary/aromatic N) is 1. The van der Waals surface area contributed by atoms with E-state index >= 15 is 0 Å². The van der Waals surface area contributed by atoms with Gasteiger partial charge in [-0.15, -0.1) is 0 Å². The molecule has 1 nitrogen and oxygen atoms in total. The van der Waals surface area contributed by atoms with E-state index in [-0.39, 0.29) is 0 Å². The molecule has 0 atom stereocenters. The Hall–Kier alpha value is -1.63. The van der Waals surface area contributed by atoms with Gasteiger partial charge in [0.05, 0.1) is 0 Å². The smallest absolute Gasteiger partial charge is 0.0401 e. The molecule has 0 fully saturated rings. The lowest BCUT2D eigenvalue weighted by Gasteiger charge is -2.02. The second kappa shape index (κ2) is 4.74. The fourth-order valence-electron chi connectivity index (χ4n) is 1.60. The van der Waals surface area contributed by atoms with Gasteiger partial charge in [-0.3, -0.25) is 4.98 Å². The van der Waals surface area contributed by atoms with Gasteiger partial charge in [0.1, 0.15) is 0 Å². The topological polar surface area (TPSA) is 12.9 Å². The van der Waals surface area contributed by atoms with Crippen molar-refractivity contribution in [3.63, 3.8) is 0 Å². The second-order valence-corrected chi connectivity index (χ2v) is 3.67. The minimum atomic E-state index is 0.970. The van der Waals surface area contributed by atoms with Crippen molar-refractivity contribution in [2.75, 3.05) is 0 Å². The highest BCUT2D eigenvalue weighted by Gasteiger charge is 1.96. The van der Waals surface area contributed by atoms with Crippen molar-refractivity contribution in [3.05, 3.63) is 65.5 Å². The molecule has 0 saturated heterocycles. The summed E-state index contributed by atoms with van der Waals surface area (Å²) in [6, 6.07) is 14.8. The number of hydrogen-bond acceptors (Lipinski definition) is 1. The third-order valence-electron chi connectivity index (χ3n) is 2.50. The lowest BCUT2D eigenvalue weighted by molar-refractivity contribution is 1.01. The summed E-state index contributed by atoms with van der Waals surface area (Å²) in [4.78, 5) is 4.39. The van der Waals surface area contributed by atoms with Crippen LogP contribution in [-0.2, 0) is 12.8 Å². The van der Waals surface area contributed by atoms with Crippen LogP contribution in [0.25, 0.3) is 0 Å². The predicted octanol–water partition coefficient (Wildman–Crippen LogP) is 3.23. The first-order chi connectivity index (χ1) is 7.38. The van der Waals surface area contributed by atoms with Gasteiger partial charge in [-0.2, -0.15) is 0 Å². The molecule has 0 bridgehead atoms. The van der Waals surface area contributed by atoms with Crippen LogP contribution < -0.4 is 0 Å². The molecule has 0 amide bonds. The lowest BCUT2D eigenvalue weighted by Crippen LogP contribution is -1.91. The van der Waals surface area contributed by atoms with Gasteiger partial charge in [0, 0.05) is 11.9 Å². The van der Waals surface area contributed by atoms with Gasteiger partial charge in [-0.1, -0.05) is 43.3 Å². The maximum Gasteiger partial charge on any atom is 0.0401 e. The van der Waals surface area contributed by atoms with E-state index in [1.54, 1.807) is 0 Å². The maximum atomic E-state index is 4.39. The van der Waals surface area contributed by atoms with E-state index in [1.807, 2.05) is 12.3 Å². The first kappa shape index (κ1) is 9.91. The van der Waals surface area contributed by atoms with E-state index < -0.39 is 0 Å². The molecule has 1 aromatic heterocycles. The van der Waals surface area contributed by atoms with Crippen LogP contribution in [0.5, 0.6) is 0 Å². The number of pyridine rings is 1. The normalized spacial score (nSPS) is 10.2. The highest BCUT2D eigenvalue weighted by atomic mass is 14.7. The van der Waals surface area contributed by atoms with E-state index in [0.717, 1.165) is 18.5 Å². The fraction of sp³-hybridized carbons (Fsp3) is 0.214. The number of rotatable bonds is 3. The maximum absolute atomic E-state index is 4.39. The van der Waals surface area contributed by atoms with Gasteiger partial charge >= 0.3 is 0 Å². The number of benzene rings is 1. The molecule has 0 aliphatic carbocycles. The summed E-state index contributed by atoms with van der Waals surface area (Å²) in [6.07, 6.45) is 3.95. The average molecular weight is 197 g/mol. The minimum absolute atomic E-state index is 0.970. The van der Waals surface area contributed by atoms with E-state index in [4.69, 9.17) is 0 Å². The molecule has 76 valence electrons. The molecule has 0 saturated carbocycles. The fourth-order valence-corrected chi connectivity index (χ4v) is 1.60. The van der Waals surface area contributed by atoms with Gasteiger partial charge in [-0.25, -0.2) is 0 Å². The highest BCUT2D eigenvalue weighted by molar-refractivity contribution is 5.24. The van der Waals surface area contributed by atoms with Crippen molar-refractivity contribution in [1.29, 1.82) is 0 Å². The van der Waals surface area contributed by atoms with Gasteiger partial charge in [0.2, 0.25) is 0 Å². The Morgan fingerprint density at radius 1 is 0.933 bits per heavy atom. The highest BCUT2D eigenvalue weighted by Crippen LogP contribution is 2.08. The molecule has 15 heavy (non-hydrogen) atoms. The molecule has 2 aromatic rings. The van der Waals surface area contributed by atoms with E-state index in [0.29, 0.717) is 0 Å². The molecular formula is C14H15N. The zero-order chi connectivity index (χ0) is 10.5. The Kier molecular flexibility index (Phi) is 3.13. The monoisotopic (exact) mass is 197 g/mol. The summed E-state index contributed by atoms with van der Waals surface area (Å²) < 4.78 is 0. The molecule has 1 heteroatoms. The Labute approximate surface area is 90.8 Å². The third kappa shape index (κ3) is 2.66. The van der Waals surface area contributed by atoms with Gasteiger partial charge in [0.15, 0.2) is 0 Å². The van der Waals surface area contributed by atoms with Crippen molar-refractivity contribution in [3.8, 4) is 0 Å². The van der Waals surface area contributed by atoms with Crippen molar-refractivity contribution < 1.29 is 0 Å². The van der Waals surface area contributed by atoms with Gasteiger partial charge in [-0.05, 0) is 30.0 Å². The first-order valence-electron chi connectivity index (χ1n) is 5.36. The summed E-state index contributed by atoms with van der Waals surface area (Å²) in [5.41, 5.74) is 3.77. The van der Waals surface area contributed by atoms with Crippen LogP contribution in [0.3, 0.4) is 0 Å². The zero-order valence-corrected chi connectivity index (χ0v) is 8.98. The molecule has 0 aliphatic heterocycles. The van der Waals surface area contributed by atoms with Crippen molar-refractivity contribution in [1.82, 2.24) is 4.98 Å². The predicted molar refractivity (Wildman–Crippen MR) is 62.9 cm³/mol. The van der Waals surface area contributed by atoms with E-state index in [2.05, 4.69) is 48.3 Å². The van der Waals surface area contributed by atoms with Crippen LogP contribution in [-0.4, -0.2) is 4.98 Å². The van der Waals surface area contributed by atoms with Crippen LogP contribution in [0.4, 0.5) is 0 Å². The van der Waals surface area contributed by atoms with E-state index in [9.17, 15) is 0 Å². The molecule has 1 aromatic carbocycles. The molecular weight excluding hydrogens is 182 g/mol. The molecule has 2 rings (SSSR count). The SMILES string of the molecule is CCc1ccc(Cc2ccccc2)cn1. The lowest BCUT2D eigenvalue weighted by atomic mass is 10.1. The van der Waals surface area contributed by atoms with Crippen LogP contribution in [0.15, 0.2) is 48.7 Å². The van der Waals surface area contributed by atoms with E-state index in [1.165, 1.54) is 11.1 Å². The Balaban J connectivity index is 2.11. The van der Waals surface area contributed by atoms with Crippen LogP contribution in [0.2, 0.25) is 0 Å². The average Bonchev–Trinajstić information content (AvgIpc) is 2.31. The quantitative estimate of drug-likeness (QED) is 0.736. The van der Waals surface area contributed by atoms with Crippen LogP contribution >= 0.6 is 0 Å². The largest absolute Gasteiger partial charge is 0.261 e. The number of hydrogen-bond donors (Lipinski definition) is 0. The summed E-state index contributed by atoms with van der Waals surface area (Å²) in [6.45, 7) is 2.12. The second-order valence-electron chi connectivity index (χ2n) is 3.67. The zero-order valence-electron chi connectivity index (χ0n) is 8.98. The van der Waals surface area contributed by atoms with Crippen molar-refractivity contribution in [2.45, 2.75) is 19.8 Å². The third-order valence-corrected chi connectivity index (χ3v) is 2.50. The number of aryl methyl sites for hydroxylation is 1. The molecule has 0 radical (unpaired) electrons. The summed E-state index contributed by atoms with van der Waals surface area (Å²) in [5.74, 6) is 0. The summed E-state index contributed by atoms with van der Waals surface area (Å²) in [7, 11) is 0. The molecule has 0 spiro atoms. The summed E-state index contributed by atoms with van der Waals surface area (Å²) in [5, 5.41) is 0. The Bertz CT molecular complexity index is 403. The first-order valence-corrected chi connectivity index (χ1v) is 5.36. The molecule has 0 unspecified atom stereocenters. The number of aromatic nitrogens is 1. The molecule has 0 aliphatic rings. The van der Waals surface area contributed by atoms with Gasteiger partial charge in [0.25, 0.3) is 0 Å². The van der Waals surface area contributed by atoms with Crippen LogP contribution in [0, 0.1) is 0 Å². The Morgan fingerprint density at radius 2 is 1.73 bits per heavy atom. The summed E-state index contributed by atoms with van der Waals surface area (Å²) >= 11 is 0. The van der Waals surface area contributed by atoms with Crippen LogP contribution in [0.1, 0.15) is 23.7 Å². The minimum Gasteiger partial charge on any atom is -0.261 e.